The molecule has 0 aliphatic heterocycles. The molecule has 0 saturated heterocycles. The molecule has 1 aromatic rings. The van der Waals surface area contributed by atoms with Crippen LogP contribution in [0.2, 0.25) is 0 Å². The van der Waals surface area contributed by atoms with Gasteiger partial charge in [0.25, 0.3) is 0 Å². The third-order valence-electron chi connectivity index (χ3n) is 8.41. The zero-order valence-electron chi connectivity index (χ0n) is 15.9. The lowest BCUT2D eigenvalue weighted by molar-refractivity contribution is -0.117. The summed E-state index contributed by atoms with van der Waals surface area (Å²) in [6, 6.07) is 0. The Morgan fingerprint density at radius 3 is 2.62 bits per heavy atom. The minimum Gasteiger partial charge on any atom is -0.295 e. The number of carbonyl (C=O) groups is 1. The van der Waals surface area contributed by atoms with Gasteiger partial charge in [-0.05, 0) is 78.8 Å². The number of allylic oxidation sites excluding steroid dienone is 4. The number of nitrogens with zero attached hydrogens (tertiary/aromatic N) is 2. The average molecular weight is 348 g/mol. The molecule has 1 heterocycles. The van der Waals surface area contributed by atoms with E-state index in [9.17, 15) is 4.79 Å². The average Bonchev–Trinajstić information content (AvgIpc) is 3.00. The summed E-state index contributed by atoms with van der Waals surface area (Å²) in [4.78, 5) is 20.5. The fourth-order valence-electron chi connectivity index (χ4n) is 7.01. The van der Waals surface area contributed by atoms with Crippen LogP contribution in [0, 0.1) is 28.6 Å². The van der Waals surface area contributed by atoms with Crippen LogP contribution in [0.5, 0.6) is 0 Å². The normalized spacial score (nSPS) is 41.6. The third kappa shape index (κ3) is 2.15. The van der Waals surface area contributed by atoms with Crippen molar-refractivity contribution in [1.29, 1.82) is 0 Å². The monoisotopic (exact) mass is 348 g/mol. The highest BCUT2D eigenvalue weighted by molar-refractivity contribution is 5.91. The number of carbonyl (C=O) groups excluding carboxylic acids is 1. The van der Waals surface area contributed by atoms with Gasteiger partial charge in [0.15, 0.2) is 5.78 Å². The lowest BCUT2D eigenvalue weighted by Crippen LogP contribution is -2.49. The van der Waals surface area contributed by atoms with Gasteiger partial charge in [-0.3, -0.25) is 4.79 Å². The number of aromatic nitrogens is 2. The van der Waals surface area contributed by atoms with Crippen molar-refractivity contribution in [3.05, 3.63) is 42.0 Å². The predicted molar refractivity (Wildman–Crippen MR) is 102 cm³/mol. The maximum atomic E-state index is 12.0. The molecule has 26 heavy (non-hydrogen) atoms. The maximum Gasteiger partial charge on any atom is 0.155 e. The van der Waals surface area contributed by atoms with Crippen LogP contribution in [0.15, 0.2) is 36.4 Å². The van der Waals surface area contributed by atoms with E-state index in [1.807, 2.05) is 18.5 Å². The molecule has 0 N–H and O–H groups in total. The Morgan fingerprint density at radius 1 is 1.00 bits per heavy atom. The van der Waals surface area contributed by atoms with Gasteiger partial charge < -0.3 is 0 Å². The summed E-state index contributed by atoms with van der Waals surface area (Å²) < 4.78 is 0. The third-order valence-corrected chi connectivity index (χ3v) is 8.41. The summed E-state index contributed by atoms with van der Waals surface area (Å²) in [6.45, 7) is 4.94. The topological polar surface area (TPSA) is 42.9 Å². The van der Waals surface area contributed by atoms with Crippen molar-refractivity contribution in [2.45, 2.75) is 58.8 Å². The summed E-state index contributed by atoms with van der Waals surface area (Å²) in [5, 5.41) is 0. The molecule has 5 rings (SSSR count). The number of fused-ring (bicyclic) bond motifs is 5. The maximum absolute atomic E-state index is 12.0. The Balaban J connectivity index is 1.48. The molecule has 4 aliphatic rings. The molecule has 0 spiro atoms. The van der Waals surface area contributed by atoms with Crippen LogP contribution in [-0.4, -0.2) is 15.8 Å². The van der Waals surface area contributed by atoms with Crippen LogP contribution >= 0.6 is 0 Å². The summed E-state index contributed by atoms with van der Waals surface area (Å²) >= 11 is 0. The Kier molecular flexibility index (Phi) is 3.54. The summed E-state index contributed by atoms with van der Waals surface area (Å²) in [5.74, 6) is 2.61. The van der Waals surface area contributed by atoms with E-state index in [4.69, 9.17) is 0 Å². The molecule has 2 fully saturated rings. The minimum absolute atomic E-state index is 0.258. The summed E-state index contributed by atoms with van der Waals surface area (Å²) in [5.41, 5.74) is 4.67. The van der Waals surface area contributed by atoms with Crippen molar-refractivity contribution < 1.29 is 4.79 Å². The van der Waals surface area contributed by atoms with Gasteiger partial charge in [-0.15, -0.1) is 0 Å². The van der Waals surface area contributed by atoms with Crippen molar-refractivity contribution in [2.24, 2.45) is 28.6 Å². The van der Waals surface area contributed by atoms with Gasteiger partial charge >= 0.3 is 0 Å². The zero-order valence-corrected chi connectivity index (χ0v) is 15.9. The SMILES string of the molecule is C[C@]12CCC(=O)C=C1CC[C@@H]1[C@@H]2CC[C@]2(C)C(c3cncnc3)=CC[C@@H]12. The largest absolute Gasteiger partial charge is 0.295 e. The molecule has 3 nitrogen and oxygen atoms in total. The minimum atomic E-state index is 0.258. The lowest BCUT2D eigenvalue weighted by atomic mass is 9.47. The van der Waals surface area contributed by atoms with Crippen LogP contribution in [-0.2, 0) is 4.79 Å². The van der Waals surface area contributed by atoms with Crippen LogP contribution in [0.3, 0.4) is 0 Å². The molecule has 4 aliphatic carbocycles. The second kappa shape index (κ2) is 5.61. The second-order valence-electron chi connectivity index (χ2n) is 9.41. The molecule has 0 aromatic carbocycles. The highest BCUT2D eigenvalue weighted by atomic mass is 16.1. The summed E-state index contributed by atoms with van der Waals surface area (Å²) in [7, 11) is 0. The van der Waals surface area contributed by atoms with E-state index in [1.165, 1.54) is 42.4 Å². The number of hydrogen-bond acceptors (Lipinski definition) is 3. The van der Waals surface area contributed by atoms with Gasteiger partial charge in [-0.2, -0.15) is 0 Å². The molecule has 0 amide bonds. The van der Waals surface area contributed by atoms with Crippen molar-refractivity contribution in [3.63, 3.8) is 0 Å². The molecule has 5 atom stereocenters. The van der Waals surface area contributed by atoms with Crippen LogP contribution in [0.4, 0.5) is 0 Å². The number of rotatable bonds is 1. The van der Waals surface area contributed by atoms with Gasteiger partial charge in [0, 0.05) is 24.4 Å². The molecule has 1 aromatic heterocycles. The Hall–Kier alpha value is -1.77. The fraction of sp³-hybridized carbons (Fsp3) is 0.609. The molecule has 2 saturated carbocycles. The first-order valence-corrected chi connectivity index (χ1v) is 10.2. The van der Waals surface area contributed by atoms with E-state index in [1.54, 1.807) is 6.33 Å². The first-order valence-electron chi connectivity index (χ1n) is 10.2. The van der Waals surface area contributed by atoms with E-state index in [0.29, 0.717) is 5.78 Å². The first kappa shape index (κ1) is 16.4. The fourth-order valence-corrected chi connectivity index (χ4v) is 7.01. The molecule has 0 radical (unpaired) electrons. The van der Waals surface area contributed by atoms with Gasteiger partial charge in [-0.25, -0.2) is 9.97 Å². The zero-order chi connectivity index (χ0) is 17.9. The van der Waals surface area contributed by atoms with Crippen molar-refractivity contribution in [1.82, 2.24) is 9.97 Å². The standard InChI is InChI=1S/C23H28N2O/c1-22-9-7-17(26)11-16(22)3-4-18-20-6-5-19(15-12-24-14-25-13-15)23(20,2)10-8-21(18)22/h5,11-14,18,20-21H,3-4,6-10H2,1-2H3/t18-,20-,21-,22-,23+/m0/s1. The Morgan fingerprint density at radius 2 is 1.81 bits per heavy atom. The van der Waals surface area contributed by atoms with Crippen LogP contribution in [0.1, 0.15) is 64.4 Å². The Labute approximate surface area is 156 Å². The van der Waals surface area contributed by atoms with Gasteiger partial charge in [0.2, 0.25) is 0 Å². The molecular formula is C23H28N2O. The van der Waals surface area contributed by atoms with E-state index in [-0.39, 0.29) is 10.8 Å². The van der Waals surface area contributed by atoms with E-state index in [2.05, 4.69) is 29.9 Å². The smallest absolute Gasteiger partial charge is 0.155 e. The molecular weight excluding hydrogens is 320 g/mol. The molecule has 3 heteroatoms. The van der Waals surface area contributed by atoms with Gasteiger partial charge in [0.1, 0.15) is 6.33 Å². The summed E-state index contributed by atoms with van der Waals surface area (Å²) in [6.07, 6.45) is 18.0. The molecule has 0 bridgehead atoms. The lowest BCUT2D eigenvalue weighted by Gasteiger charge is -2.57. The quantitative estimate of drug-likeness (QED) is 0.717. The van der Waals surface area contributed by atoms with Crippen molar-refractivity contribution >= 4 is 11.4 Å². The first-order chi connectivity index (χ1) is 12.5. The van der Waals surface area contributed by atoms with E-state index < -0.39 is 0 Å². The van der Waals surface area contributed by atoms with Crippen molar-refractivity contribution in [2.75, 3.05) is 0 Å². The van der Waals surface area contributed by atoms with Gasteiger partial charge in [-0.1, -0.05) is 25.5 Å². The molecule has 0 unspecified atom stereocenters. The Bertz CT molecular complexity index is 811. The highest BCUT2D eigenvalue weighted by Crippen LogP contribution is 2.66. The van der Waals surface area contributed by atoms with E-state index in [0.717, 1.165) is 37.0 Å². The van der Waals surface area contributed by atoms with Crippen LogP contribution < -0.4 is 0 Å². The van der Waals surface area contributed by atoms with E-state index >= 15 is 0 Å². The van der Waals surface area contributed by atoms with Gasteiger partial charge in [0.05, 0.1) is 0 Å². The predicted octanol–water partition coefficient (Wildman–Crippen LogP) is 5.00. The highest BCUT2D eigenvalue weighted by Gasteiger charge is 2.57. The number of ketones is 1. The van der Waals surface area contributed by atoms with Crippen LogP contribution in [0.25, 0.3) is 5.57 Å². The molecule has 136 valence electrons. The number of hydrogen-bond donors (Lipinski definition) is 0. The second-order valence-corrected chi connectivity index (χ2v) is 9.41. The van der Waals surface area contributed by atoms with Crippen molar-refractivity contribution in [3.8, 4) is 0 Å².